The van der Waals surface area contributed by atoms with Crippen LogP contribution in [-0.4, -0.2) is 179 Å². The maximum absolute atomic E-state index is 14.8. The van der Waals surface area contributed by atoms with E-state index in [-0.39, 0.29) is 74.0 Å². The Balaban J connectivity index is 1.09. The zero-order valence-corrected chi connectivity index (χ0v) is 62.6. The second-order valence-corrected chi connectivity index (χ2v) is 29.4. The zero-order valence-electron chi connectivity index (χ0n) is 62.6. The molecule has 1 fully saturated rings. The summed E-state index contributed by atoms with van der Waals surface area (Å²) in [4.78, 5) is 199. The van der Waals surface area contributed by atoms with Gasteiger partial charge in [0.1, 0.15) is 23.3 Å². The highest BCUT2D eigenvalue weighted by Crippen LogP contribution is 2.26. The third kappa shape index (κ3) is 28.4. The van der Waals surface area contributed by atoms with E-state index in [0.717, 1.165) is 5.56 Å². The van der Waals surface area contributed by atoms with Crippen LogP contribution in [0.5, 0.6) is 17.2 Å². The molecule has 1 aliphatic rings. The third-order valence-corrected chi connectivity index (χ3v) is 19.1. The van der Waals surface area contributed by atoms with Gasteiger partial charge in [0.2, 0.25) is 47.3 Å². The van der Waals surface area contributed by atoms with E-state index in [9.17, 15) is 77.6 Å². The molecule has 14 N–H and O–H groups in total. The Morgan fingerprint density at radius 2 is 0.897 bits per heavy atom. The summed E-state index contributed by atoms with van der Waals surface area (Å²) in [5.41, 5.74) is 8.64. The summed E-state index contributed by atoms with van der Waals surface area (Å²) < 4.78 is 0. The van der Waals surface area contributed by atoms with Crippen molar-refractivity contribution in [2.45, 2.75) is 188 Å². The Morgan fingerprint density at radius 1 is 0.449 bits per heavy atom. The molecular weight excluding hydrogens is 1370 g/mol. The molecule has 580 valence electrons. The van der Waals surface area contributed by atoms with Crippen molar-refractivity contribution in [3.63, 3.8) is 0 Å². The number of amides is 8. The maximum Gasteiger partial charge on any atom is 0.245 e. The summed E-state index contributed by atoms with van der Waals surface area (Å²) in [5, 5.41) is 49.6. The molecule has 0 saturated carbocycles. The Hall–Kier alpha value is -10.4. The van der Waals surface area contributed by atoms with Gasteiger partial charge in [0, 0.05) is 126 Å². The van der Waals surface area contributed by atoms with Crippen LogP contribution in [0.2, 0.25) is 0 Å². The highest BCUT2D eigenvalue weighted by molar-refractivity contribution is 6.00. The van der Waals surface area contributed by atoms with Crippen LogP contribution in [0.4, 0.5) is 0 Å². The van der Waals surface area contributed by atoms with E-state index in [0.29, 0.717) is 55.1 Å². The predicted octanol–water partition coefficient (Wildman–Crippen LogP) is 4.05. The molecule has 2 aromatic heterocycles. The molecule has 0 aliphatic carbocycles. The first-order valence-electron chi connectivity index (χ1n) is 36.7. The smallest absolute Gasteiger partial charge is 0.245 e. The summed E-state index contributed by atoms with van der Waals surface area (Å²) in [6.07, 6.45) is 3.16. The van der Waals surface area contributed by atoms with Crippen molar-refractivity contribution >= 4 is 76.2 Å². The summed E-state index contributed by atoms with van der Waals surface area (Å²) in [5.74, 6) is -14.3. The Morgan fingerprint density at radius 3 is 1.37 bits per heavy atom. The Kier molecular flexibility index (Phi) is 33.6. The second kappa shape index (κ2) is 42.0. The molecule has 0 bridgehead atoms. The number of aromatic nitrogens is 4. The van der Waals surface area contributed by atoms with Gasteiger partial charge >= 0.3 is 0 Å². The molecule has 0 spiro atoms. The minimum Gasteiger partial charge on any atom is -0.508 e. The van der Waals surface area contributed by atoms with Crippen LogP contribution in [0, 0.1) is 47.3 Å². The van der Waals surface area contributed by atoms with Crippen LogP contribution in [0.15, 0.2) is 97.8 Å². The number of aromatic hydroxyl groups is 3. The van der Waals surface area contributed by atoms with E-state index >= 15 is 0 Å². The number of aryl methyl sites for hydroxylation is 1. The highest BCUT2D eigenvalue weighted by atomic mass is 16.3. The van der Waals surface area contributed by atoms with E-state index in [1.54, 1.807) is 89.0 Å². The first-order valence-corrected chi connectivity index (χ1v) is 36.7. The molecule has 3 aromatic carbocycles. The van der Waals surface area contributed by atoms with Gasteiger partial charge in [-0.1, -0.05) is 91.8 Å². The number of carbonyl (C=O) groups excluding carboxylic acids is 13. The largest absolute Gasteiger partial charge is 0.508 e. The zero-order chi connectivity index (χ0) is 78.6. The van der Waals surface area contributed by atoms with Crippen molar-refractivity contribution in [1.82, 2.24) is 62.1 Å². The fraction of sp³-hybridized carbons (Fsp3) is 0.526. The number of nitrogens with two attached hydrogens (primary N) is 1. The number of phenols is 3. The van der Waals surface area contributed by atoms with Crippen molar-refractivity contribution in [3.05, 3.63) is 126 Å². The number of hydrogen-bond donors (Lipinski definition) is 13. The topological polar surface area (TPSA) is 453 Å². The van der Waals surface area contributed by atoms with Crippen LogP contribution in [-0.2, 0) is 94.4 Å². The molecule has 1 aliphatic heterocycles. The quantitative estimate of drug-likeness (QED) is 0.0261. The van der Waals surface area contributed by atoms with Gasteiger partial charge in [-0.25, -0.2) is 9.97 Å². The van der Waals surface area contributed by atoms with E-state index in [1.165, 1.54) is 62.2 Å². The highest BCUT2D eigenvalue weighted by Gasteiger charge is 2.39. The number of primary amides is 1. The first kappa shape index (κ1) is 85.5. The van der Waals surface area contributed by atoms with E-state index in [2.05, 4.69) is 57.2 Å². The molecule has 8 amide bonds. The molecule has 1 saturated heterocycles. The molecular formula is C78H107N13O16. The average Bonchev–Trinajstić information content (AvgIpc) is 1.76. The number of ketones is 5. The second-order valence-electron chi connectivity index (χ2n) is 29.4. The van der Waals surface area contributed by atoms with Gasteiger partial charge in [-0.3, -0.25) is 62.3 Å². The number of hydrogen-bond acceptors (Lipinski definition) is 19. The summed E-state index contributed by atoms with van der Waals surface area (Å²) in [6, 6.07) is 11.1. The standard InChI is InChI=1S/C78H107N13O16/c1-44(2)30-61(65(96)34-52(31-50-12-19-58(93)20-13-50)76(105)90-73(47(7)8)68(99)36-54(33-55-40-81-42-83-55)75(104)88-63(37-56-41-82-43-84-56)78(107)91-28-26-80-27-29-91)86-70(101)25-23-64(95)48(9)85-77(106)60(45(3)4)38-66(97)62(39-69(79)100)87-74(103)53(32-51-14-21-59(94)22-15-51)35-67(98)72(46(5)6)89-71(102)24-16-49-10-17-57(92)18-11-49/h10-15,17-22,40-48,52-54,60-63,72-73,80,92-94H,16,23-39H2,1-9H3,(H2,79,100)(H,81,83)(H,82,84)(H,85,106)(H,86,101)(H,87,103)(H,88,104)(H,89,102)(H,90,105)/t48-,52+,53+,54+,60-,61-,62-,63-,72-,73-/m1/s1. The van der Waals surface area contributed by atoms with Gasteiger partial charge < -0.3 is 73.1 Å². The molecule has 29 nitrogen and oxygen atoms in total. The van der Waals surface area contributed by atoms with Crippen LogP contribution in [0.25, 0.3) is 0 Å². The van der Waals surface area contributed by atoms with Gasteiger partial charge in [-0.2, -0.15) is 0 Å². The minimum atomic E-state index is -1.57. The molecule has 29 heteroatoms. The average molecular weight is 1480 g/mol. The number of aromatic amines is 2. The number of nitrogens with one attached hydrogen (secondary N) is 9. The van der Waals surface area contributed by atoms with E-state index in [1.807, 2.05) is 13.8 Å². The normalized spacial score (nSPS) is 15.1. The number of carbonyl (C=O) groups is 13. The van der Waals surface area contributed by atoms with Crippen molar-refractivity contribution in [1.29, 1.82) is 0 Å². The molecule has 107 heavy (non-hydrogen) atoms. The van der Waals surface area contributed by atoms with Crippen molar-refractivity contribution < 1.29 is 77.6 Å². The molecule has 3 heterocycles. The SMILES string of the molecule is CC(C)C[C@@H](NC(=O)CCC(=O)[C@@H](C)NC(=O)[C@H](CC(=O)[C@@H](CC(N)=O)NC(=O)[C@H](CC(=O)[C@H](NC(=O)CCc1ccc(O)cc1)C(C)C)Cc1ccc(O)cc1)C(C)C)C(=O)C[C@H](Cc1ccc(O)cc1)C(=O)N[C@@H](C(=O)C[C@H](Cc1cnc[nH]1)C(=O)N[C@H](Cc1cnc[nH]1)C(=O)N1CCNCC1)C(C)C. The molecule has 5 aromatic rings. The van der Waals surface area contributed by atoms with E-state index in [4.69, 9.17) is 5.73 Å². The number of rotatable bonds is 45. The Labute approximate surface area is 624 Å². The Bertz CT molecular complexity index is 3800. The van der Waals surface area contributed by atoms with Gasteiger partial charge in [0.25, 0.3) is 0 Å². The fourth-order valence-electron chi connectivity index (χ4n) is 12.9. The third-order valence-electron chi connectivity index (χ3n) is 19.1. The number of imidazole rings is 2. The number of Topliss-reactive ketones (excluding diaryl/α,β-unsaturated/α-hetero) is 5. The van der Waals surface area contributed by atoms with Crippen LogP contribution >= 0.6 is 0 Å². The lowest BCUT2D eigenvalue weighted by molar-refractivity contribution is -0.139. The van der Waals surface area contributed by atoms with Crippen molar-refractivity contribution in [2.24, 2.45) is 53.1 Å². The number of benzene rings is 3. The number of piperazine rings is 1. The molecule has 6 rings (SSSR count). The maximum atomic E-state index is 14.8. The fourth-order valence-corrected chi connectivity index (χ4v) is 12.9. The molecule has 0 unspecified atom stereocenters. The lowest BCUT2D eigenvalue weighted by Gasteiger charge is -2.32. The lowest BCUT2D eigenvalue weighted by atomic mass is 9.86. The van der Waals surface area contributed by atoms with E-state index < -0.39 is 186 Å². The predicted molar refractivity (Wildman–Crippen MR) is 396 cm³/mol. The van der Waals surface area contributed by atoms with Crippen molar-refractivity contribution in [3.8, 4) is 17.2 Å². The van der Waals surface area contributed by atoms with Gasteiger partial charge in [-0.05, 0) is 109 Å². The summed E-state index contributed by atoms with van der Waals surface area (Å²) in [6.45, 7) is 17.3. The van der Waals surface area contributed by atoms with Gasteiger partial charge in [0.05, 0.1) is 55.2 Å². The molecule has 0 radical (unpaired) electrons. The van der Waals surface area contributed by atoms with Gasteiger partial charge in [0.15, 0.2) is 28.9 Å². The summed E-state index contributed by atoms with van der Waals surface area (Å²) >= 11 is 0. The first-order chi connectivity index (χ1) is 50.7. The van der Waals surface area contributed by atoms with Crippen LogP contribution in [0.3, 0.4) is 0 Å². The number of H-pyrrole nitrogens is 2. The lowest BCUT2D eigenvalue weighted by Crippen LogP contribution is -2.56. The monoisotopic (exact) mass is 1480 g/mol. The minimum absolute atomic E-state index is 0.0172. The summed E-state index contributed by atoms with van der Waals surface area (Å²) in [7, 11) is 0. The van der Waals surface area contributed by atoms with Crippen LogP contribution < -0.4 is 43.0 Å². The molecule has 10 atom stereocenters. The van der Waals surface area contributed by atoms with Crippen molar-refractivity contribution in [2.75, 3.05) is 26.2 Å². The van der Waals surface area contributed by atoms with Crippen LogP contribution in [0.1, 0.15) is 148 Å². The van der Waals surface area contributed by atoms with Gasteiger partial charge in [-0.15, -0.1) is 0 Å². The number of phenolic OH excluding ortho intramolecular Hbond substituents is 3. The number of nitrogens with zero attached hydrogens (tertiary/aromatic N) is 3.